The van der Waals surface area contributed by atoms with Crippen molar-refractivity contribution in [2.45, 2.75) is 52.5 Å². The van der Waals surface area contributed by atoms with Gasteiger partial charge in [0.05, 0.1) is 7.11 Å². The molecule has 0 fully saturated rings. The van der Waals surface area contributed by atoms with Crippen LogP contribution in [0.25, 0.3) is 0 Å². The zero-order chi connectivity index (χ0) is 16.2. The topological polar surface area (TPSA) is 38.3 Å². The van der Waals surface area contributed by atoms with Crippen LogP contribution in [0.4, 0.5) is 0 Å². The molecular formula is C19H29NO2. The summed E-state index contributed by atoms with van der Waals surface area (Å²) in [5.74, 6) is 1.14. The van der Waals surface area contributed by atoms with Crippen LogP contribution in [0.3, 0.4) is 0 Å². The molecule has 0 heterocycles. The normalized spacial score (nSPS) is 12.3. The van der Waals surface area contributed by atoms with E-state index in [2.05, 4.69) is 24.4 Å². The number of benzene rings is 1. The average molecular weight is 303 g/mol. The van der Waals surface area contributed by atoms with Crippen molar-refractivity contribution in [3.05, 3.63) is 42.0 Å². The Morgan fingerprint density at radius 3 is 2.59 bits per heavy atom. The molecule has 1 N–H and O–H groups in total. The fourth-order valence-corrected chi connectivity index (χ4v) is 2.42. The number of rotatable bonds is 10. The van der Waals surface area contributed by atoms with Crippen LogP contribution in [-0.2, 0) is 11.3 Å². The molecule has 0 bridgehead atoms. The van der Waals surface area contributed by atoms with E-state index in [0.717, 1.165) is 43.4 Å². The van der Waals surface area contributed by atoms with Crippen molar-refractivity contribution in [3.63, 3.8) is 0 Å². The highest BCUT2D eigenvalue weighted by atomic mass is 16.5. The molecule has 0 spiro atoms. The zero-order valence-corrected chi connectivity index (χ0v) is 14.1. The second kappa shape index (κ2) is 10.9. The molecule has 3 heteroatoms. The Labute approximate surface area is 134 Å². The summed E-state index contributed by atoms with van der Waals surface area (Å²) in [6, 6.07) is 7.80. The minimum Gasteiger partial charge on any atom is -0.497 e. The van der Waals surface area contributed by atoms with Gasteiger partial charge in [-0.2, -0.15) is 0 Å². The summed E-state index contributed by atoms with van der Waals surface area (Å²) in [7, 11) is 1.65. The molecule has 122 valence electrons. The van der Waals surface area contributed by atoms with Crippen LogP contribution in [-0.4, -0.2) is 13.0 Å². The van der Waals surface area contributed by atoms with Crippen LogP contribution in [0.5, 0.6) is 5.75 Å². The van der Waals surface area contributed by atoms with Crippen molar-refractivity contribution in [1.82, 2.24) is 5.32 Å². The molecule has 22 heavy (non-hydrogen) atoms. The number of ether oxygens (including phenoxy) is 1. The van der Waals surface area contributed by atoms with Crippen molar-refractivity contribution in [1.29, 1.82) is 0 Å². The third kappa shape index (κ3) is 6.79. The second-order valence-corrected chi connectivity index (χ2v) is 5.52. The van der Waals surface area contributed by atoms with Gasteiger partial charge in [0.2, 0.25) is 5.91 Å². The van der Waals surface area contributed by atoms with E-state index in [-0.39, 0.29) is 11.8 Å². The summed E-state index contributed by atoms with van der Waals surface area (Å²) in [6.45, 7) is 4.71. The second-order valence-electron chi connectivity index (χ2n) is 5.52. The summed E-state index contributed by atoms with van der Waals surface area (Å²) < 4.78 is 5.13. The van der Waals surface area contributed by atoms with Crippen LogP contribution in [0.1, 0.15) is 51.5 Å². The maximum Gasteiger partial charge on any atom is 0.223 e. The van der Waals surface area contributed by atoms with Crippen molar-refractivity contribution < 1.29 is 9.53 Å². The summed E-state index contributed by atoms with van der Waals surface area (Å²) in [5, 5.41) is 3.05. The largest absolute Gasteiger partial charge is 0.497 e. The Kier molecular flexibility index (Phi) is 9.04. The van der Waals surface area contributed by atoms with Crippen LogP contribution in [0.2, 0.25) is 0 Å². The number of carbonyl (C=O) groups excluding carboxylic acids is 1. The highest BCUT2D eigenvalue weighted by Crippen LogP contribution is 2.15. The number of nitrogens with one attached hydrogen (secondary N) is 1. The number of hydrogen-bond donors (Lipinski definition) is 1. The van der Waals surface area contributed by atoms with Gasteiger partial charge in [0.25, 0.3) is 0 Å². The molecular weight excluding hydrogens is 274 g/mol. The zero-order valence-electron chi connectivity index (χ0n) is 14.1. The van der Waals surface area contributed by atoms with Gasteiger partial charge < -0.3 is 10.1 Å². The maximum absolute atomic E-state index is 12.2. The molecule has 0 saturated heterocycles. The van der Waals surface area contributed by atoms with Gasteiger partial charge in [-0.15, -0.1) is 0 Å². The van der Waals surface area contributed by atoms with E-state index < -0.39 is 0 Å². The molecule has 0 aliphatic carbocycles. The average Bonchev–Trinajstić information content (AvgIpc) is 2.56. The molecule has 0 aliphatic rings. The Bertz CT molecular complexity index is 451. The predicted octanol–water partition coefficient (Wildman–Crippen LogP) is 4.47. The highest BCUT2D eigenvalue weighted by molar-refractivity contribution is 5.78. The number of carbonyl (C=O) groups is 1. The van der Waals surface area contributed by atoms with E-state index in [1.165, 1.54) is 0 Å². The molecule has 1 unspecified atom stereocenters. The van der Waals surface area contributed by atoms with Gasteiger partial charge in [0, 0.05) is 12.5 Å². The number of methoxy groups -OCH3 is 1. The molecule has 1 rings (SSSR count). The Morgan fingerprint density at radius 1 is 1.27 bits per heavy atom. The van der Waals surface area contributed by atoms with Crippen LogP contribution in [0, 0.1) is 5.92 Å². The van der Waals surface area contributed by atoms with Gasteiger partial charge in [-0.05, 0) is 50.3 Å². The van der Waals surface area contributed by atoms with E-state index in [0.29, 0.717) is 6.54 Å². The Morgan fingerprint density at radius 2 is 2.00 bits per heavy atom. The lowest BCUT2D eigenvalue weighted by Gasteiger charge is -2.15. The summed E-state index contributed by atoms with van der Waals surface area (Å²) in [6.07, 6.45) is 9.52. The molecule has 3 nitrogen and oxygen atoms in total. The molecule has 1 aromatic carbocycles. The lowest BCUT2D eigenvalue weighted by Crippen LogP contribution is -2.30. The van der Waals surface area contributed by atoms with Gasteiger partial charge in [0.15, 0.2) is 0 Å². The van der Waals surface area contributed by atoms with E-state index in [1.54, 1.807) is 7.11 Å². The van der Waals surface area contributed by atoms with Crippen molar-refractivity contribution in [2.24, 2.45) is 5.92 Å². The first-order valence-corrected chi connectivity index (χ1v) is 8.23. The van der Waals surface area contributed by atoms with E-state index >= 15 is 0 Å². The number of hydrogen-bond acceptors (Lipinski definition) is 2. The minimum absolute atomic E-state index is 0.129. The number of allylic oxidation sites excluding steroid dienone is 2. The van der Waals surface area contributed by atoms with Gasteiger partial charge in [0.1, 0.15) is 5.75 Å². The van der Waals surface area contributed by atoms with Crippen molar-refractivity contribution in [2.75, 3.05) is 7.11 Å². The molecule has 1 amide bonds. The molecule has 0 aromatic heterocycles. The Hall–Kier alpha value is -1.77. The summed E-state index contributed by atoms with van der Waals surface area (Å²) >= 11 is 0. The monoisotopic (exact) mass is 303 g/mol. The summed E-state index contributed by atoms with van der Waals surface area (Å²) in [4.78, 5) is 12.2. The fraction of sp³-hybridized carbons (Fsp3) is 0.526. The first kappa shape index (κ1) is 18.3. The fourth-order valence-electron chi connectivity index (χ4n) is 2.42. The summed E-state index contributed by atoms with van der Waals surface area (Å²) in [5.41, 5.74) is 1.09. The standard InChI is InChI=1S/C19H29NO2/c1-4-6-7-8-9-10-17(5-2)19(21)20-15-16-11-13-18(22-3)14-12-16/h4,6,11-14,17H,5,7-10,15H2,1-3H3,(H,20,21). The van der Waals surface area contributed by atoms with Gasteiger partial charge in [-0.3, -0.25) is 4.79 Å². The number of amides is 1. The molecule has 1 aromatic rings. The highest BCUT2D eigenvalue weighted by Gasteiger charge is 2.15. The molecule has 0 aliphatic heterocycles. The smallest absolute Gasteiger partial charge is 0.223 e. The van der Waals surface area contributed by atoms with E-state index in [4.69, 9.17) is 4.74 Å². The quantitative estimate of drug-likeness (QED) is 0.511. The van der Waals surface area contributed by atoms with Crippen LogP contribution >= 0.6 is 0 Å². The van der Waals surface area contributed by atoms with E-state index in [9.17, 15) is 4.79 Å². The lowest BCUT2D eigenvalue weighted by molar-refractivity contribution is -0.125. The maximum atomic E-state index is 12.2. The lowest BCUT2D eigenvalue weighted by atomic mass is 9.97. The third-order valence-electron chi connectivity index (χ3n) is 3.90. The van der Waals surface area contributed by atoms with Crippen LogP contribution < -0.4 is 10.1 Å². The molecule has 1 atom stereocenters. The molecule has 0 radical (unpaired) electrons. The SMILES string of the molecule is CC=CCCCCC(CC)C(=O)NCc1ccc(OC)cc1. The van der Waals surface area contributed by atoms with Crippen molar-refractivity contribution in [3.8, 4) is 5.75 Å². The third-order valence-corrected chi connectivity index (χ3v) is 3.90. The first-order valence-electron chi connectivity index (χ1n) is 8.23. The van der Waals surface area contributed by atoms with Gasteiger partial charge >= 0.3 is 0 Å². The van der Waals surface area contributed by atoms with E-state index in [1.807, 2.05) is 31.2 Å². The predicted molar refractivity (Wildman–Crippen MR) is 91.9 cm³/mol. The van der Waals surface area contributed by atoms with Gasteiger partial charge in [-0.1, -0.05) is 37.6 Å². The minimum atomic E-state index is 0.129. The van der Waals surface area contributed by atoms with Crippen LogP contribution in [0.15, 0.2) is 36.4 Å². The molecule has 0 saturated carbocycles. The first-order chi connectivity index (χ1) is 10.7. The number of unbranched alkanes of at least 4 members (excludes halogenated alkanes) is 2. The van der Waals surface area contributed by atoms with Gasteiger partial charge in [-0.25, -0.2) is 0 Å². The Balaban J connectivity index is 2.33. The van der Waals surface area contributed by atoms with Crippen molar-refractivity contribution >= 4 is 5.91 Å².